The topological polar surface area (TPSA) is 112 Å². The van der Waals surface area contributed by atoms with Crippen molar-refractivity contribution in [2.45, 2.75) is 13.0 Å². The Morgan fingerprint density at radius 2 is 2.16 bits per heavy atom. The fraction of sp³-hybridized carbons (Fsp3) is 0.125. The predicted molar refractivity (Wildman–Crippen MR) is 88.1 cm³/mol. The summed E-state index contributed by atoms with van der Waals surface area (Å²) >= 11 is 0. The highest BCUT2D eigenvalue weighted by atomic mass is 16.1. The molecule has 1 aliphatic rings. The second kappa shape index (κ2) is 6.11. The number of rotatable bonds is 3. The first-order valence-corrected chi connectivity index (χ1v) is 7.66. The van der Waals surface area contributed by atoms with E-state index in [-0.39, 0.29) is 5.91 Å². The van der Waals surface area contributed by atoms with Gasteiger partial charge in [-0.05, 0) is 25.1 Å². The van der Waals surface area contributed by atoms with E-state index in [1.54, 1.807) is 35.4 Å². The lowest BCUT2D eigenvalue weighted by Gasteiger charge is -2.23. The van der Waals surface area contributed by atoms with Gasteiger partial charge in [-0.2, -0.15) is 0 Å². The van der Waals surface area contributed by atoms with Crippen LogP contribution >= 0.6 is 0 Å². The summed E-state index contributed by atoms with van der Waals surface area (Å²) in [5.74, 6) is 0.752. The van der Waals surface area contributed by atoms with E-state index in [1.165, 1.54) is 0 Å². The number of H-pyrrole nitrogens is 1. The average Bonchev–Trinajstić information content (AvgIpc) is 3.10. The molecule has 1 atom stereocenters. The van der Waals surface area contributed by atoms with Gasteiger partial charge in [0.25, 0.3) is 5.91 Å². The maximum Gasteiger partial charge on any atom is 0.405 e. The second-order valence-electron chi connectivity index (χ2n) is 5.52. The molecule has 3 N–H and O–H groups in total. The van der Waals surface area contributed by atoms with Gasteiger partial charge in [0.05, 0.1) is 16.4 Å². The lowest BCUT2D eigenvalue weighted by atomic mass is 9.96. The Labute approximate surface area is 142 Å². The summed E-state index contributed by atoms with van der Waals surface area (Å²) < 4.78 is 1.69. The lowest BCUT2D eigenvalue weighted by molar-refractivity contribution is -0.750. The van der Waals surface area contributed by atoms with Crippen LogP contribution in [0.5, 0.6) is 0 Å². The number of hydrogen-bond donors (Lipinski definition) is 3. The predicted octanol–water partition coefficient (Wildman–Crippen LogP) is 0.810. The molecule has 0 bridgehead atoms. The van der Waals surface area contributed by atoms with Gasteiger partial charge in [0.2, 0.25) is 0 Å². The maximum atomic E-state index is 13.0. The molecule has 3 aromatic heterocycles. The minimum atomic E-state index is -0.427. The number of aromatic amines is 1. The molecule has 0 radical (unpaired) electrons. The average molecular weight is 335 g/mol. The van der Waals surface area contributed by atoms with Gasteiger partial charge in [-0.1, -0.05) is 12.1 Å². The number of amides is 1. The van der Waals surface area contributed by atoms with E-state index < -0.39 is 6.04 Å². The first-order valence-electron chi connectivity index (χ1n) is 7.66. The highest BCUT2D eigenvalue weighted by Gasteiger charge is 2.38. The van der Waals surface area contributed by atoms with E-state index in [4.69, 9.17) is 0 Å². The number of tetrazole rings is 1. The van der Waals surface area contributed by atoms with Crippen molar-refractivity contribution in [3.63, 3.8) is 0 Å². The highest BCUT2D eigenvalue weighted by molar-refractivity contribution is 6.05. The molecule has 0 saturated carbocycles. The minimum absolute atomic E-state index is 0.259. The first kappa shape index (κ1) is 14.9. The van der Waals surface area contributed by atoms with Crippen LogP contribution in [0.4, 0.5) is 11.8 Å². The largest absolute Gasteiger partial charge is 0.405 e. The molecule has 0 aromatic carbocycles. The molecule has 0 aliphatic carbocycles. The summed E-state index contributed by atoms with van der Waals surface area (Å²) in [4.78, 5) is 21.3. The van der Waals surface area contributed by atoms with Crippen molar-refractivity contribution in [1.29, 1.82) is 0 Å². The van der Waals surface area contributed by atoms with Gasteiger partial charge in [-0.3, -0.25) is 15.1 Å². The molecule has 4 rings (SSSR count). The minimum Gasteiger partial charge on any atom is -0.307 e. The SMILES string of the molecule is CC1=C(C(=O)Nc2ccccn2)C(c2cccnc2)[n+]2[nH]nnc2N1. The van der Waals surface area contributed by atoms with Gasteiger partial charge in [-0.25, -0.2) is 4.98 Å². The molecule has 0 saturated heterocycles. The Morgan fingerprint density at radius 1 is 1.24 bits per heavy atom. The number of pyridine rings is 2. The molecule has 0 fully saturated rings. The van der Waals surface area contributed by atoms with Crippen molar-refractivity contribution >= 4 is 17.7 Å². The van der Waals surface area contributed by atoms with Crippen molar-refractivity contribution in [1.82, 2.24) is 25.5 Å². The smallest absolute Gasteiger partial charge is 0.307 e. The number of aromatic nitrogens is 6. The molecule has 4 heterocycles. The molecular weight excluding hydrogens is 320 g/mol. The number of anilines is 2. The van der Waals surface area contributed by atoms with Crippen LogP contribution in [-0.4, -0.2) is 31.4 Å². The molecule has 124 valence electrons. The molecule has 3 aromatic rings. The zero-order valence-corrected chi connectivity index (χ0v) is 13.3. The standard InChI is InChI=1S/C16H14N8O/c1-10-13(15(25)20-12-6-2-3-8-18-12)14(11-5-4-7-17-9-11)24-16(19-10)21-22-23-24/h2-9,14H,1H3,(H2,18,19,20,21,23,25)/p+1. The summed E-state index contributed by atoms with van der Waals surface area (Å²) in [6, 6.07) is 8.64. The van der Waals surface area contributed by atoms with Crippen LogP contribution in [-0.2, 0) is 4.79 Å². The zero-order valence-electron chi connectivity index (χ0n) is 13.3. The number of nitrogens with zero attached hydrogens (tertiary/aromatic N) is 5. The van der Waals surface area contributed by atoms with Gasteiger partial charge < -0.3 is 5.32 Å². The number of carbonyl (C=O) groups is 1. The van der Waals surface area contributed by atoms with Crippen LogP contribution in [0.1, 0.15) is 18.5 Å². The Bertz CT molecular complexity index is 935. The molecule has 9 nitrogen and oxygen atoms in total. The third-order valence-corrected chi connectivity index (χ3v) is 3.91. The van der Waals surface area contributed by atoms with Gasteiger partial charge in [0.15, 0.2) is 6.04 Å². The van der Waals surface area contributed by atoms with Gasteiger partial charge in [0, 0.05) is 24.2 Å². The van der Waals surface area contributed by atoms with E-state index in [0.717, 1.165) is 5.56 Å². The van der Waals surface area contributed by atoms with Crippen LogP contribution < -0.4 is 15.3 Å². The number of carbonyl (C=O) groups excluding carboxylic acids is 1. The number of hydrogen-bond acceptors (Lipinski definition) is 6. The summed E-state index contributed by atoms with van der Waals surface area (Å²) in [5, 5.41) is 16.6. The third-order valence-electron chi connectivity index (χ3n) is 3.91. The van der Waals surface area contributed by atoms with Crippen LogP contribution in [0.3, 0.4) is 0 Å². The van der Waals surface area contributed by atoms with E-state index in [0.29, 0.717) is 23.0 Å². The van der Waals surface area contributed by atoms with Crippen LogP contribution in [0.25, 0.3) is 0 Å². The monoisotopic (exact) mass is 335 g/mol. The normalized spacial score (nSPS) is 16.1. The van der Waals surface area contributed by atoms with Crippen molar-refractivity contribution < 1.29 is 9.48 Å². The maximum absolute atomic E-state index is 13.0. The molecular formula is C16H15N8O+. The van der Waals surface area contributed by atoms with Crippen LogP contribution in [0, 0.1) is 0 Å². The van der Waals surface area contributed by atoms with E-state index in [9.17, 15) is 4.79 Å². The lowest BCUT2D eigenvalue weighted by Crippen LogP contribution is -2.50. The fourth-order valence-corrected chi connectivity index (χ4v) is 2.82. The van der Waals surface area contributed by atoms with Crippen LogP contribution in [0.15, 0.2) is 60.2 Å². The van der Waals surface area contributed by atoms with E-state index in [1.807, 2.05) is 25.1 Å². The molecule has 1 aliphatic heterocycles. The first-order chi connectivity index (χ1) is 12.2. The Morgan fingerprint density at radius 3 is 2.92 bits per heavy atom. The fourth-order valence-electron chi connectivity index (χ4n) is 2.82. The number of allylic oxidation sites excluding steroid dienone is 1. The van der Waals surface area contributed by atoms with Gasteiger partial charge in [0.1, 0.15) is 11.0 Å². The number of fused-ring (bicyclic) bond motifs is 1. The van der Waals surface area contributed by atoms with E-state index >= 15 is 0 Å². The molecule has 9 heteroatoms. The van der Waals surface area contributed by atoms with E-state index in [2.05, 4.69) is 36.1 Å². The quantitative estimate of drug-likeness (QED) is 0.611. The molecule has 1 unspecified atom stereocenters. The van der Waals surface area contributed by atoms with Gasteiger partial charge in [-0.15, -0.1) is 9.90 Å². The molecule has 1 amide bonds. The third kappa shape index (κ3) is 2.71. The van der Waals surface area contributed by atoms with Crippen molar-refractivity contribution in [3.8, 4) is 0 Å². The number of nitrogens with one attached hydrogen (secondary N) is 3. The zero-order chi connectivity index (χ0) is 17.2. The Kier molecular flexibility index (Phi) is 3.65. The van der Waals surface area contributed by atoms with Crippen molar-refractivity contribution in [2.75, 3.05) is 10.6 Å². The molecule has 25 heavy (non-hydrogen) atoms. The summed E-state index contributed by atoms with van der Waals surface area (Å²) in [6.45, 7) is 1.83. The highest BCUT2D eigenvalue weighted by Crippen LogP contribution is 2.28. The summed E-state index contributed by atoms with van der Waals surface area (Å²) in [5.41, 5.74) is 2.06. The van der Waals surface area contributed by atoms with Crippen molar-refractivity contribution in [2.24, 2.45) is 0 Å². The molecule has 0 spiro atoms. The summed E-state index contributed by atoms with van der Waals surface area (Å²) in [6.07, 6.45) is 5.03. The Balaban J connectivity index is 1.77. The van der Waals surface area contributed by atoms with Gasteiger partial charge >= 0.3 is 5.95 Å². The van der Waals surface area contributed by atoms with Crippen molar-refractivity contribution in [3.05, 3.63) is 65.8 Å². The second-order valence-corrected chi connectivity index (χ2v) is 5.52. The summed E-state index contributed by atoms with van der Waals surface area (Å²) in [7, 11) is 0. The van der Waals surface area contributed by atoms with Crippen LogP contribution in [0.2, 0.25) is 0 Å². The Hall–Kier alpha value is -3.62.